The Morgan fingerprint density at radius 1 is 1.50 bits per heavy atom. The van der Waals surface area contributed by atoms with Gasteiger partial charge < -0.3 is 4.74 Å². The summed E-state index contributed by atoms with van der Waals surface area (Å²) < 4.78 is 6.38. The van der Waals surface area contributed by atoms with Gasteiger partial charge in [0, 0.05) is 10.9 Å². The van der Waals surface area contributed by atoms with Crippen LogP contribution in [0.5, 0.6) is 5.75 Å². The minimum Gasteiger partial charge on any atom is -0.492 e. The Bertz CT molecular complexity index is 441. The monoisotopic (exact) mass is 280 g/mol. The number of rotatable bonds is 4. The van der Waals surface area contributed by atoms with Gasteiger partial charge in [-0.25, -0.2) is 0 Å². The zero-order valence-corrected chi connectivity index (χ0v) is 10.9. The number of ketones is 1. The van der Waals surface area contributed by atoms with Crippen molar-refractivity contribution in [3.63, 3.8) is 0 Å². The average Bonchev–Trinajstić information content (AvgIpc) is 2.26. The second-order valence-corrected chi connectivity index (χ2v) is 4.14. The number of Topliss-reactive ketones (excluding diaryl/α,β-unsaturated/α-hetero) is 1. The lowest BCUT2D eigenvalue weighted by molar-refractivity contribution is 0.101. The standard InChI is InChI=1S/C13H13BrO2/c1-3-4-5-8-16-13-7-6-11(14)9-12(13)10(2)15/h6-7,9H,5,8H2,1-2H3. The zero-order valence-electron chi connectivity index (χ0n) is 9.34. The fourth-order valence-corrected chi connectivity index (χ4v) is 1.60. The molecule has 0 aliphatic heterocycles. The van der Waals surface area contributed by atoms with Crippen LogP contribution in [0.15, 0.2) is 22.7 Å². The smallest absolute Gasteiger partial charge is 0.163 e. The van der Waals surface area contributed by atoms with E-state index in [9.17, 15) is 4.79 Å². The number of benzene rings is 1. The van der Waals surface area contributed by atoms with Crippen LogP contribution in [0.1, 0.15) is 30.6 Å². The molecule has 3 heteroatoms. The Morgan fingerprint density at radius 3 is 2.88 bits per heavy atom. The summed E-state index contributed by atoms with van der Waals surface area (Å²) in [6.07, 6.45) is 0.671. The average molecular weight is 281 g/mol. The van der Waals surface area contributed by atoms with Crippen LogP contribution in [0, 0.1) is 11.8 Å². The van der Waals surface area contributed by atoms with Gasteiger partial charge in [0.25, 0.3) is 0 Å². The Kier molecular flexibility index (Phi) is 5.07. The molecule has 0 atom stereocenters. The molecule has 0 unspecified atom stereocenters. The van der Waals surface area contributed by atoms with Crippen LogP contribution in [-0.4, -0.2) is 12.4 Å². The summed E-state index contributed by atoms with van der Waals surface area (Å²) in [6.45, 7) is 3.82. The summed E-state index contributed by atoms with van der Waals surface area (Å²) in [4.78, 5) is 11.4. The lowest BCUT2D eigenvalue weighted by Crippen LogP contribution is -2.02. The molecule has 0 heterocycles. The molecule has 16 heavy (non-hydrogen) atoms. The molecule has 0 bridgehead atoms. The molecule has 0 fully saturated rings. The van der Waals surface area contributed by atoms with E-state index in [1.165, 1.54) is 6.92 Å². The summed E-state index contributed by atoms with van der Waals surface area (Å²) in [5.74, 6) is 6.32. The second-order valence-electron chi connectivity index (χ2n) is 3.22. The van der Waals surface area contributed by atoms with Crippen molar-refractivity contribution in [2.45, 2.75) is 20.3 Å². The molecular formula is C13H13BrO2. The third-order valence-corrected chi connectivity index (χ3v) is 2.48. The summed E-state index contributed by atoms with van der Waals surface area (Å²) in [5.41, 5.74) is 0.596. The van der Waals surface area contributed by atoms with E-state index in [-0.39, 0.29) is 5.78 Å². The maximum atomic E-state index is 11.4. The molecule has 0 N–H and O–H groups in total. The maximum Gasteiger partial charge on any atom is 0.163 e. The highest BCUT2D eigenvalue weighted by molar-refractivity contribution is 9.10. The highest BCUT2D eigenvalue weighted by Crippen LogP contribution is 2.23. The predicted octanol–water partition coefficient (Wildman–Crippen LogP) is 3.44. The van der Waals surface area contributed by atoms with E-state index in [1.807, 2.05) is 6.07 Å². The molecule has 1 aromatic rings. The first-order valence-electron chi connectivity index (χ1n) is 4.98. The first-order valence-corrected chi connectivity index (χ1v) is 5.77. The van der Waals surface area contributed by atoms with Gasteiger partial charge in [-0.05, 0) is 32.0 Å². The molecule has 2 nitrogen and oxygen atoms in total. The first-order chi connectivity index (χ1) is 7.65. The highest BCUT2D eigenvalue weighted by Gasteiger charge is 2.08. The molecule has 0 aromatic heterocycles. The molecule has 0 aliphatic rings. The van der Waals surface area contributed by atoms with Crippen molar-refractivity contribution < 1.29 is 9.53 Å². The zero-order chi connectivity index (χ0) is 12.0. The van der Waals surface area contributed by atoms with E-state index < -0.39 is 0 Å². The molecular weight excluding hydrogens is 268 g/mol. The van der Waals surface area contributed by atoms with E-state index >= 15 is 0 Å². The molecule has 0 spiro atoms. The summed E-state index contributed by atoms with van der Waals surface area (Å²) in [7, 11) is 0. The van der Waals surface area contributed by atoms with Gasteiger partial charge in [0.2, 0.25) is 0 Å². The highest BCUT2D eigenvalue weighted by atomic mass is 79.9. The topological polar surface area (TPSA) is 26.3 Å². The maximum absolute atomic E-state index is 11.4. The van der Waals surface area contributed by atoms with Crippen molar-refractivity contribution in [3.05, 3.63) is 28.2 Å². The van der Waals surface area contributed by atoms with Gasteiger partial charge >= 0.3 is 0 Å². The molecule has 0 radical (unpaired) electrons. The largest absolute Gasteiger partial charge is 0.492 e. The quantitative estimate of drug-likeness (QED) is 0.480. The van der Waals surface area contributed by atoms with E-state index in [0.717, 1.165) is 4.47 Å². The molecule has 1 aromatic carbocycles. The molecule has 0 amide bonds. The van der Waals surface area contributed by atoms with Crippen molar-refractivity contribution >= 4 is 21.7 Å². The molecule has 1 rings (SSSR count). The summed E-state index contributed by atoms with van der Waals surface area (Å²) in [5, 5.41) is 0. The number of carbonyl (C=O) groups excluding carboxylic acids is 1. The Labute approximate surface area is 104 Å². The van der Waals surface area contributed by atoms with Crippen molar-refractivity contribution in [3.8, 4) is 17.6 Å². The third-order valence-electron chi connectivity index (χ3n) is 1.98. The van der Waals surface area contributed by atoms with Gasteiger partial charge in [-0.3, -0.25) is 4.79 Å². The van der Waals surface area contributed by atoms with Gasteiger partial charge in [-0.2, -0.15) is 0 Å². The van der Waals surface area contributed by atoms with Gasteiger partial charge in [0.1, 0.15) is 5.75 Å². The van der Waals surface area contributed by atoms with Crippen LogP contribution in [0.4, 0.5) is 0 Å². The SMILES string of the molecule is CC#CCCOc1ccc(Br)cc1C(C)=O. The molecule has 0 saturated carbocycles. The van der Waals surface area contributed by atoms with E-state index in [0.29, 0.717) is 24.3 Å². The van der Waals surface area contributed by atoms with Crippen molar-refractivity contribution in [1.82, 2.24) is 0 Å². The predicted molar refractivity (Wildman–Crippen MR) is 67.7 cm³/mol. The second kappa shape index (κ2) is 6.34. The van der Waals surface area contributed by atoms with Crippen LogP contribution in [0.25, 0.3) is 0 Å². The van der Waals surface area contributed by atoms with Crippen molar-refractivity contribution in [2.24, 2.45) is 0 Å². The minimum absolute atomic E-state index is 0.00197. The van der Waals surface area contributed by atoms with Crippen molar-refractivity contribution in [1.29, 1.82) is 0 Å². The number of ether oxygens (including phenoxy) is 1. The number of hydrogen-bond acceptors (Lipinski definition) is 2. The molecule has 0 aliphatic carbocycles. The Morgan fingerprint density at radius 2 is 2.25 bits per heavy atom. The van der Waals surface area contributed by atoms with Crippen molar-refractivity contribution in [2.75, 3.05) is 6.61 Å². The van der Waals surface area contributed by atoms with Gasteiger partial charge in [0.15, 0.2) is 5.78 Å². The van der Waals surface area contributed by atoms with Gasteiger partial charge in [0.05, 0.1) is 12.2 Å². The Balaban J connectivity index is 2.77. The van der Waals surface area contributed by atoms with Crippen LogP contribution in [0.3, 0.4) is 0 Å². The van der Waals surface area contributed by atoms with E-state index in [2.05, 4.69) is 27.8 Å². The normalized spacial score (nSPS) is 9.19. The summed E-state index contributed by atoms with van der Waals surface area (Å²) >= 11 is 3.33. The number of carbonyl (C=O) groups is 1. The van der Waals surface area contributed by atoms with Crippen LogP contribution < -0.4 is 4.74 Å². The lowest BCUT2D eigenvalue weighted by Gasteiger charge is -2.08. The number of hydrogen-bond donors (Lipinski definition) is 0. The van der Waals surface area contributed by atoms with E-state index in [1.54, 1.807) is 19.1 Å². The fourth-order valence-electron chi connectivity index (χ4n) is 1.24. The van der Waals surface area contributed by atoms with Crippen LogP contribution in [0.2, 0.25) is 0 Å². The van der Waals surface area contributed by atoms with Gasteiger partial charge in [-0.15, -0.1) is 11.8 Å². The lowest BCUT2D eigenvalue weighted by atomic mass is 10.1. The first kappa shape index (κ1) is 12.8. The Hall–Kier alpha value is -1.27. The number of halogens is 1. The summed E-state index contributed by atoms with van der Waals surface area (Å²) in [6, 6.07) is 5.41. The third kappa shape index (κ3) is 3.71. The van der Waals surface area contributed by atoms with E-state index in [4.69, 9.17) is 4.74 Å². The van der Waals surface area contributed by atoms with Crippen LogP contribution >= 0.6 is 15.9 Å². The molecule has 0 saturated heterocycles. The van der Waals surface area contributed by atoms with Gasteiger partial charge in [-0.1, -0.05) is 15.9 Å². The fraction of sp³-hybridized carbons (Fsp3) is 0.308. The van der Waals surface area contributed by atoms with Crippen LogP contribution in [-0.2, 0) is 0 Å². The molecule has 84 valence electrons. The minimum atomic E-state index is -0.00197.